The van der Waals surface area contributed by atoms with Crippen molar-refractivity contribution in [2.75, 3.05) is 39.8 Å². The predicted molar refractivity (Wildman–Crippen MR) is 62.4 cm³/mol. The lowest BCUT2D eigenvalue weighted by molar-refractivity contribution is 0.193. The van der Waals surface area contributed by atoms with E-state index in [1.54, 1.807) is 0 Å². The van der Waals surface area contributed by atoms with Crippen LogP contribution in [0, 0.1) is 0 Å². The maximum Gasteiger partial charge on any atom is 0.167 e. The molecule has 0 spiro atoms. The average Bonchev–Trinajstić information content (AvgIpc) is 2.78. The molecule has 0 amide bonds. The van der Waals surface area contributed by atoms with Gasteiger partial charge >= 0.3 is 0 Å². The molecule has 0 aromatic rings. The molecule has 0 radical (unpaired) electrons. The number of rotatable bonds is 1. The molecule has 0 saturated carbocycles. The minimum Gasteiger partial charge on any atom is -0.485 e. The molecule has 16 heavy (non-hydrogen) atoms. The van der Waals surface area contributed by atoms with Crippen LogP contribution in [0.2, 0.25) is 0 Å². The zero-order valence-electron chi connectivity index (χ0n) is 9.57. The van der Waals surface area contributed by atoms with Crippen LogP contribution in [0.25, 0.3) is 0 Å². The second-order valence-electron chi connectivity index (χ2n) is 4.29. The molecular weight excluding hydrogens is 202 g/mol. The molecule has 0 unspecified atom stereocenters. The monoisotopic (exact) mass is 219 g/mol. The standard InChI is InChI=1S/C12H17N3O/c1-14-6-2-10-3-9-16-11(10)12(14)15-7-4-13-5-8-15/h2-3,6,13H,4-5,7-9H2,1H3. The van der Waals surface area contributed by atoms with Gasteiger partial charge in [0.25, 0.3) is 0 Å². The van der Waals surface area contributed by atoms with E-state index in [-0.39, 0.29) is 0 Å². The maximum atomic E-state index is 5.73. The van der Waals surface area contributed by atoms with Gasteiger partial charge in [0.15, 0.2) is 11.6 Å². The third-order valence-electron chi connectivity index (χ3n) is 3.22. The first-order valence-corrected chi connectivity index (χ1v) is 5.80. The molecule has 1 saturated heterocycles. The van der Waals surface area contributed by atoms with E-state index in [1.807, 2.05) is 0 Å². The molecule has 0 bridgehead atoms. The van der Waals surface area contributed by atoms with Crippen molar-refractivity contribution in [2.45, 2.75) is 0 Å². The fourth-order valence-electron chi connectivity index (χ4n) is 2.39. The summed E-state index contributed by atoms with van der Waals surface area (Å²) >= 11 is 0. The Morgan fingerprint density at radius 3 is 2.94 bits per heavy atom. The molecule has 4 heteroatoms. The Balaban J connectivity index is 1.93. The third kappa shape index (κ3) is 1.50. The van der Waals surface area contributed by atoms with Gasteiger partial charge in [-0.15, -0.1) is 0 Å². The Hall–Kier alpha value is -1.42. The highest BCUT2D eigenvalue weighted by Crippen LogP contribution is 2.30. The zero-order valence-corrected chi connectivity index (χ0v) is 9.57. The van der Waals surface area contributed by atoms with Crippen molar-refractivity contribution in [3.05, 3.63) is 35.5 Å². The quantitative estimate of drug-likeness (QED) is 0.694. The fraction of sp³-hybridized carbons (Fsp3) is 0.500. The highest BCUT2D eigenvalue weighted by Gasteiger charge is 2.27. The van der Waals surface area contributed by atoms with Gasteiger partial charge in [0.2, 0.25) is 0 Å². The fourth-order valence-corrected chi connectivity index (χ4v) is 2.39. The van der Waals surface area contributed by atoms with Crippen LogP contribution in [0.1, 0.15) is 0 Å². The summed E-state index contributed by atoms with van der Waals surface area (Å²) in [5, 5.41) is 3.37. The van der Waals surface area contributed by atoms with Crippen molar-refractivity contribution in [2.24, 2.45) is 0 Å². The largest absolute Gasteiger partial charge is 0.485 e. The first-order valence-electron chi connectivity index (χ1n) is 5.80. The summed E-state index contributed by atoms with van der Waals surface area (Å²) in [6.45, 7) is 4.90. The normalized spacial score (nSPS) is 24.4. The Morgan fingerprint density at radius 1 is 1.31 bits per heavy atom. The number of nitrogens with zero attached hydrogens (tertiary/aromatic N) is 2. The third-order valence-corrected chi connectivity index (χ3v) is 3.22. The van der Waals surface area contributed by atoms with Gasteiger partial charge < -0.3 is 19.9 Å². The summed E-state index contributed by atoms with van der Waals surface area (Å²) in [5.41, 5.74) is 1.23. The molecular formula is C12H17N3O. The summed E-state index contributed by atoms with van der Waals surface area (Å²) < 4.78 is 5.73. The molecule has 0 atom stereocenters. The topological polar surface area (TPSA) is 27.7 Å². The van der Waals surface area contributed by atoms with Crippen LogP contribution in [-0.2, 0) is 4.74 Å². The van der Waals surface area contributed by atoms with E-state index >= 15 is 0 Å². The molecule has 1 N–H and O–H groups in total. The van der Waals surface area contributed by atoms with E-state index < -0.39 is 0 Å². The SMILES string of the molecule is CN1C=CC2=CCOC2=C1N1CCNCC1. The lowest BCUT2D eigenvalue weighted by Crippen LogP contribution is -2.46. The van der Waals surface area contributed by atoms with E-state index in [4.69, 9.17) is 4.74 Å². The summed E-state index contributed by atoms with van der Waals surface area (Å²) in [7, 11) is 2.08. The Morgan fingerprint density at radius 2 is 2.12 bits per heavy atom. The number of hydrogen-bond acceptors (Lipinski definition) is 4. The molecule has 0 aromatic carbocycles. The van der Waals surface area contributed by atoms with Gasteiger partial charge in [-0.2, -0.15) is 0 Å². The lowest BCUT2D eigenvalue weighted by atomic mass is 10.1. The number of ether oxygens (including phenoxy) is 1. The summed E-state index contributed by atoms with van der Waals surface area (Å²) in [4.78, 5) is 4.55. The minimum atomic E-state index is 0.707. The molecule has 3 aliphatic heterocycles. The van der Waals surface area contributed by atoms with E-state index in [1.165, 1.54) is 11.4 Å². The van der Waals surface area contributed by atoms with Crippen LogP contribution >= 0.6 is 0 Å². The highest BCUT2D eigenvalue weighted by atomic mass is 16.5. The van der Waals surface area contributed by atoms with Crippen LogP contribution in [0.15, 0.2) is 35.5 Å². The Kier molecular flexibility index (Phi) is 2.36. The highest BCUT2D eigenvalue weighted by molar-refractivity contribution is 5.44. The molecule has 3 heterocycles. The summed E-state index contributed by atoms with van der Waals surface area (Å²) in [6.07, 6.45) is 6.37. The number of hydrogen-bond donors (Lipinski definition) is 1. The van der Waals surface area contributed by atoms with Crippen molar-refractivity contribution >= 4 is 0 Å². The second-order valence-corrected chi connectivity index (χ2v) is 4.29. The molecule has 1 fully saturated rings. The number of allylic oxidation sites excluding steroid dienone is 1. The molecule has 0 aliphatic carbocycles. The smallest absolute Gasteiger partial charge is 0.167 e. The molecule has 0 aromatic heterocycles. The van der Waals surface area contributed by atoms with Gasteiger partial charge in [-0.25, -0.2) is 0 Å². The van der Waals surface area contributed by atoms with Crippen molar-refractivity contribution < 1.29 is 4.74 Å². The predicted octanol–water partition coefficient (Wildman–Crippen LogP) is 0.476. The van der Waals surface area contributed by atoms with Crippen molar-refractivity contribution in [3.63, 3.8) is 0 Å². The van der Waals surface area contributed by atoms with Gasteiger partial charge in [0, 0.05) is 45.0 Å². The number of fused-ring (bicyclic) bond motifs is 1. The zero-order chi connectivity index (χ0) is 11.0. The van der Waals surface area contributed by atoms with Crippen molar-refractivity contribution in [3.8, 4) is 0 Å². The summed E-state index contributed by atoms with van der Waals surface area (Å²) in [5.74, 6) is 2.26. The van der Waals surface area contributed by atoms with Crippen molar-refractivity contribution in [1.29, 1.82) is 0 Å². The molecule has 3 rings (SSSR count). The van der Waals surface area contributed by atoms with Crippen LogP contribution in [0.4, 0.5) is 0 Å². The van der Waals surface area contributed by atoms with E-state index in [2.05, 4.69) is 40.5 Å². The van der Waals surface area contributed by atoms with Gasteiger partial charge in [-0.05, 0) is 12.2 Å². The van der Waals surface area contributed by atoms with E-state index in [0.717, 1.165) is 31.9 Å². The Bertz CT molecular complexity index is 378. The molecule has 3 aliphatic rings. The van der Waals surface area contributed by atoms with E-state index in [0.29, 0.717) is 6.61 Å². The molecule has 4 nitrogen and oxygen atoms in total. The van der Waals surface area contributed by atoms with Gasteiger partial charge in [-0.3, -0.25) is 0 Å². The van der Waals surface area contributed by atoms with Crippen LogP contribution in [-0.4, -0.2) is 49.6 Å². The Labute approximate surface area is 95.9 Å². The van der Waals surface area contributed by atoms with Gasteiger partial charge in [-0.1, -0.05) is 0 Å². The summed E-state index contributed by atoms with van der Waals surface area (Å²) in [6, 6.07) is 0. The number of piperazine rings is 1. The second kappa shape index (κ2) is 3.87. The molecule has 86 valence electrons. The van der Waals surface area contributed by atoms with Gasteiger partial charge in [0.1, 0.15) is 6.61 Å². The average molecular weight is 219 g/mol. The van der Waals surface area contributed by atoms with Crippen LogP contribution in [0.5, 0.6) is 0 Å². The van der Waals surface area contributed by atoms with Crippen LogP contribution in [0.3, 0.4) is 0 Å². The number of nitrogens with one attached hydrogen (secondary N) is 1. The maximum absolute atomic E-state index is 5.73. The van der Waals surface area contributed by atoms with E-state index in [9.17, 15) is 0 Å². The first kappa shape index (κ1) is 9.78. The lowest BCUT2D eigenvalue weighted by Gasteiger charge is -2.37. The first-order chi connectivity index (χ1) is 7.86. The van der Waals surface area contributed by atoms with Gasteiger partial charge in [0.05, 0.1) is 0 Å². The van der Waals surface area contributed by atoms with Crippen molar-refractivity contribution in [1.82, 2.24) is 15.1 Å². The van der Waals surface area contributed by atoms with Crippen LogP contribution < -0.4 is 5.32 Å². The minimum absolute atomic E-state index is 0.707.